The van der Waals surface area contributed by atoms with Crippen molar-refractivity contribution in [3.8, 4) is 11.5 Å². The molecule has 0 saturated carbocycles. The smallest absolute Gasteiger partial charge is 0.165 e. The number of nitrogens with one attached hydrogen (secondary N) is 1. The fraction of sp³-hybridized carbons (Fsp3) is 0.625. The van der Waals surface area contributed by atoms with Crippen molar-refractivity contribution in [1.82, 2.24) is 10.2 Å². The zero-order chi connectivity index (χ0) is 13.9. The van der Waals surface area contributed by atoms with Crippen LogP contribution >= 0.6 is 12.4 Å². The van der Waals surface area contributed by atoms with Gasteiger partial charge in [0.2, 0.25) is 0 Å². The van der Waals surface area contributed by atoms with Gasteiger partial charge in [0.15, 0.2) is 11.5 Å². The molecule has 2 fully saturated rings. The van der Waals surface area contributed by atoms with Crippen LogP contribution in [0.15, 0.2) is 18.2 Å². The highest BCUT2D eigenvalue weighted by molar-refractivity contribution is 5.85. The Hall–Kier alpha value is -0.970. The van der Waals surface area contributed by atoms with Crippen LogP contribution in [-0.4, -0.2) is 45.3 Å². The minimum atomic E-state index is 0. The summed E-state index contributed by atoms with van der Waals surface area (Å²) in [5.41, 5.74) is 1.22. The Kier molecular flexibility index (Phi) is 5.73. The van der Waals surface area contributed by atoms with Crippen LogP contribution in [0.4, 0.5) is 0 Å². The predicted molar refractivity (Wildman–Crippen MR) is 86.5 cm³/mol. The standard InChI is InChI=1S/C16H24N2O2.ClH/c1-19-15-5-3-4-13(16(15)20-2)10-18-7-6-12-8-17-9-14(12)11-18;/h3-5,12,14,17H,6-11H2,1-2H3;1H. The average Bonchev–Trinajstić information content (AvgIpc) is 2.94. The third-order valence-electron chi connectivity index (χ3n) is 4.67. The Balaban J connectivity index is 0.00000161. The predicted octanol–water partition coefficient (Wildman–Crippen LogP) is 2.17. The molecule has 0 bridgehead atoms. The van der Waals surface area contributed by atoms with Crippen molar-refractivity contribution in [1.29, 1.82) is 0 Å². The van der Waals surface area contributed by atoms with E-state index in [0.29, 0.717) is 0 Å². The fourth-order valence-corrected chi connectivity index (χ4v) is 3.57. The van der Waals surface area contributed by atoms with Crippen LogP contribution in [-0.2, 0) is 6.54 Å². The monoisotopic (exact) mass is 312 g/mol. The quantitative estimate of drug-likeness (QED) is 0.924. The number of fused-ring (bicyclic) bond motifs is 1. The Labute approximate surface area is 133 Å². The van der Waals surface area contributed by atoms with E-state index in [-0.39, 0.29) is 12.4 Å². The van der Waals surface area contributed by atoms with Gasteiger partial charge < -0.3 is 14.8 Å². The first-order chi connectivity index (χ1) is 9.81. The van der Waals surface area contributed by atoms with E-state index < -0.39 is 0 Å². The molecule has 1 aromatic carbocycles. The number of rotatable bonds is 4. The van der Waals surface area contributed by atoms with Gasteiger partial charge in [0.1, 0.15) is 0 Å². The lowest BCUT2D eigenvalue weighted by Gasteiger charge is -2.34. The molecule has 0 amide bonds. The van der Waals surface area contributed by atoms with Crippen LogP contribution < -0.4 is 14.8 Å². The van der Waals surface area contributed by atoms with Gasteiger partial charge in [-0.2, -0.15) is 0 Å². The SMILES string of the molecule is COc1cccc(CN2CCC3CNCC3C2)c1OC.Cl. The summed E-state index contributed by atoms with van der Waals surface area (Å²) in [6, 6.07) is 6.14. The maximum atomic E-state index is 5.53. The molecule has 21 heavy (non-hydrogen) atoms. The molecule has 0 aliphatic carbocycles. The number of hydrogen-bond donors (Lipinski definition) is 1. The lowest BCUT2D eigenvalue weighted by molar-refractivity contribution is 0.141. The van der Waals surface area contributed by atoms with Crippen LogP contribution in [0.3, 0.4) is 0 Å². The number of benzene rings is 1. The Morgan fingerprint density at radius 2 is 2.00 bits per heavy atom. The van der Waals surface area contributed by atoms with Crippen molar-refractivity contribution >= 4 is 12.4 Å². The fourth-order valence-electron chi connectivity index (χ4n) is 3.57. The molecule has 0 spiro atoms. The van der Waals surface area contributed by atoms with Crippen molar-refractivity contribution in [2.75, 3.05) is 40.4 Å². The van der Waals surface area contributed by atoms with E-state index in [1.165, 1.54) is 38.2 Å². The van der Waals surface area contributed by atoms with Gasteiger partial charge in [-0.15, -0.1) is 12.4 Å². The maximum absolute atomic E-state index is 5.53. The number of methoxy groups -OCH3 is 2. The zero-order valence-corrected chi connectivity index (χ0v) is 13.6. The van der Waals surface area contributed by atoms with E-state index in [1.807, 2.05) is 12.1 Å². The molecule has 2 saturated heterocycles. The minimum absolute atomic E-state index is 0. The summed E-state index contributed by atoms with van der Waals surface area (Å²) < 4.78 is 10.9. The van der Waals surface area contributed by atoms with Gasteiger partial charge >= 0.3 is 0 Å². The van der Waals surface area contributed by atoms with Crippen molar-refractivity contribution in [2.24, 2.45) is 11.8 Å². The summed E-state index contributed by atoms with van der Waals surface area (Å²) in [4.78, 5) is 2.55. The second kappa shape index (κ2) is 7.34. The molecule has 2 heterocycles. The van der Waals surface area contributed by atoms with Crippen molar-refractivity contribution < 1.29 is 9.47 Å². The molecule has 5 heteroatoms. The average molecular weight is 313 g/mol. The minimum Gasteiger partial charge on any atom is -0.493 e. The molecular weight excluding hydrogens is 288 g/mol. The highest BCUT2D eigenvalue weighted by Gasteiger charge is 2.32. The normalized spacial score (nSPS) is 25.0. The molecule has 2 aliphatic rings. The molecule has 4 nitrogen and oxygen atoms in total. The van der Waals surface area contributed by atoms with E-state index in [1.54, 1.807) is 14.2 Å². The molecular formula is C16H25ClN2O2. The first-order valence-corrected chi connectivity index (χ1v) is 7.44. The van der Waals surface area contributed by atoms with Crippen LogP contribution in [0.25, 0.3) is 0 Å². The van der Waals surface area contributed by atoms with E-state index in [4.69, 9.17) is 9.47 Å². The number of ether oxygens (including phenoxy) is 2. The molecule has 0 radical (unpaired) electrons. The summed E-state index contributed by atoms with van der Waals surface area (Å²) in [5.74, 6) is 3.41. The summed E-state index contributed by atoms with van der Waals surface area (Å²) in [6.07, 6.45) is 1.31. The molecule has 2 unspecified atom stereocenters. The number of hydrogen-bond acceptors (Lipinski definition) is 4. The molecule has 1 aromatic rings. The molecule has 2 aliphatic heterocycles. The highest BCUT2D eigenvalue weighted by atomic mass is 35.5. The third kappa shape index (κ3) is 3.44. The molecule has 1 N–H and O–H groups in total. The van der Waals surface area contributed by atoms with Crippen molar-refractivity contribution in [2.45, 2.75) is 13.0 Å². The summed E-state index contributed by atoms with van der Waals surface area (Å²) >= 11 is 0. The molecule has 0 aromatic heterocycles. The summed E-state index contributed by atoms with van der Waals surface area (Å²) in [5, 5.41) is 3.52. The highest BCUT2D eigenvalue weighted by Crippen LogP contribution is 2.33. The van der Waals surface area contributed by atoms with Gasteiger partial charge in [0.25, 0.3) is 0 Å². The van der Waals surface area contributed by atoms with Gasteiger partial charge in [0, 0.05) is 18.7 Å². The van der Waals surface area contributed by atoms with Gasteiger partial charge in [-0.1, -0.05) is 12.1 Å². The van der Waals surface area contributed by atoms with E-state index >= 15 is 0 Å². The zero-order valence-electron chi connectivity index (χ0n) is 12.8. The van der Waals surface area contributed by atoms with Crippen molar-refractivity contribution in [3.05, 3.63) is 23.8 Å². The largest absolute Gasteiger partial charge is 0.493 e. The number of piperidine rings is 1. The number of nitrogens with zero attached hydrogens (tertiary/aromatic N) is 1. The molecule has 3 rings (SSSR count). The van der Waals surface area contributed by atoms with Crippen LogP contribution in [0.2, 0.25) is 0 Å². The van der Waals surface area contributed by atoms with E-state index in [0.717, 1.165) is 29.9 Å². The van der Waals surface area contributed by atoms with Gasteiger partial charge in [-0.05, 0) is 44.0 Å². The second-order valence-corrected chi connectivity index (χ2v) is 5.85. The first kappa shape index (κ1) is 16.4. The van der Waals surface area contributed by atoms with E-state index in [9.17, 15) is 0 Å². The van der Waals surface area contributed by atoms with Crippen LogP contribution in [0, 0.1) is 11.8 Å². The Morgan fingerprint density at radius 3 is 2.76 bits per heavy atom. The van der Waals surface area contributed by atoms with Crippen molar-refractivity contribution in [3.63, 3.8) is 0 Å². The summed E-state index contributed by atoms with van der Waals surface area (Å²) in [7, 11) is 3.41. The first-order valence-electron chi connectivity index (χ1n) is 7.44. The lowest BCUT2D eigenvalue weighted by atomic mass is 9.88. The lowest BCUT2D eigenvalue weighted by Crippen LogP contribution is -2.39. The van der Waals surface area contributed by atoms with Gasteiger partial charge in [0.05, 0.1) is 14.2 Å². The molecule has 118 valence electrons. The second-order valence-electron chi connectivity index (χ2n) is 5.85. The van der Waals surface area contributed by atoms with Gasteiger partial charge in [-0.3, -0.25) is 4.90 Å². The van der Waals surface area contributed by atoms with E-state index in [2.05, 4.69) is 16.3 Å². The Bertz CT molecular complexity index is 470. The maximum Gasteiger partial charge on any atom is 0.165 e. The summed E-state index contributed by atoms with van der Waals surface area (Å²) in [6.45, 7) is 5.71. The number of likely N-dealkylation sites (tertiary alicyclic amines) is 1. The molecule has 2 atom stereocenters. The number of halogens is 1. The van der Waals surface area contributed by atoms with Crippen LogP contribution in [0.1, 0.15) is 12.0 Å². The Morgan fingerprint density at radius 1 is 1.19 bits per heavy atom. The van der Waals surface area contributed by atoms with Crippen LogP contribution in [0.5, 0.6) is 11.5 Å². The number of para-hydroxylation sites is 1. The van der Waals surface area contributed by atoms with Gasteiger partial charge in [-0.25, -0.2) is 0 Å². The third-order valence-corrected chi connectivity index (χ3v) is 4.67. The topological polar surface area (TPSA) is 33.7 Å².